The van der Waals surface area contributed by atoms with E-state index < -0.39 is 0 Å². The monoisotopic (exact) mass is 350 g/mol. The van der Waals surface area contributed by atoms with E-state index in [0.29, 0.717) is 11.5 Å². The Labute approximate surface area is 157 Å². The number of fused-ring (bicyclic) bond motifs is 1. The fourth-order valence-corrected chi connectivity index (χ4v) is 5.40. The van der Waals surface area contributed by atoms with Crippen LogP contribution in [0.4, 0.5) is 11.4 Å². The molecule has 1 aliphatic heterocycles. The minimum Gasteiger partial charge on any atom is -0.353 e. The van der Waals surface area contributed by atoms with Crippen LogP contribution in [0.5, 0.6) is 0 Å². The molecule has 3 unspecified atom stereocenters. The number of hydrogen-bond donors (Lipinski definition) is 1. The van der Waals surface area contributed by atoms with Crippen LogP contribution in [0, 0.1) is 12.8 Å². The van der Waals surface area contributed by atoms with Gasteiger partial charge in [0, 0.05) is 17.1 Å². The first-order valence-corrected chi connectivity index (χ1v) is 9.93. The number of nitrogens with one attached hydrogen (secondary N) is 1. The van der Waals surface area contributed by atoms with E-state index in [2.05, 4.69) is 59.3 Å². The van der Waals surface area contributed by atoms with E-state index in [-0.39, 0.29) is 0 Å². The molecular formula is C22H30N4. The first-order chi connectivity index (χ1) is 12.6. The smallest absolute Gasteiger partial charge is 0.115 e. The topological polar surface area (TPSA) is 41.1 Å². The predicted molar refractivity (Wildman–Crippen MR) is 107 cm³/mol. The molecule has 0 spiro atoms. The number of piperidine rings is 1. The summed E-state index contributed by atoms with van der Waals surface area (Å²) < 4.78 is 0. The Kier molecular flexibility index (Phi) is 4.70. The van der Waals surface area contributed by atoms with Gasteiger partial charge in [-0.1, -0.05) is 18.9 Å². The molecule has 1 N–H and O–H groups in total. The molecule has 1 aromatic heterocycles. The van der Waals surface area contributed by atoms with Crippen molar-refractivity contribution >= 4 is 11.4 Å². The van der Waals surface area contributed by atoms with Crippen LogP contribution < -0.4 is 5.32 Å². The predicted octanol–water partition coefficient (Wildman–Crippen LogP) is 4.68. The van der Waals surface area contributed by atoms with Crippen LogP contribution in [0.25, 0.3) is 0 Å². The molecule has 1 saturated heterocycles. The summed E-state index contributed by atoms with van der Waals surface area (Å²) in [6, 6.07) is 7.52. The van der Waals surface area contributed by atoms with E-state index >= 15 is 0 Å². The Hall–Kier alpha value is -1.94. The molecule has 4 rings (SSSR count). The van der Waals surface area contributed by atoms with Crippen molar-refractivity contribution in [2.45, 2.75) is 57.4 Å². The number of anilines is 2. The maximum absolute atomic E-state index is 4.11. The normalized spacial score (nSPS) is 29.2. The molecule has 3 atom stereocenters. The molecule has 1 aromatic carbocycles. The molecule has 1 saturated carbocycles. The molecule has 1 aliphatic carbocycles. The van der Waals surface area contributed by atoms with Gasteiger partial charge >= 0.3 is 0 Å². The fraction of sp³-hybridized carbons (Fsp3) is 0.545. The Bertz CT molecular complexity index is 760. The second-order valence-electron chi connectivity index (χ2n) is 8.26. The zero-order chi connectivity index (χ0) is 18.1. The summed E-state index contributed by atoms with van der Waals surface area (Å²) in [5.74, 6) is 0.754. The van der Waals surface area contributed by atoms with Gasteiger partial charge < -0.3 is 10.2 Å². The molecule has 4 nitrogen and oxygen atoms in total. The highest BCUT2D eigenvalue weighted by Gasteiger charge is 2.48. The molecule has 2 fully saturated rings. The van der Waals surface area contributed by atoms with Gasteiger partial charge in [-0.25, -0.2) is 9.97 Å². The van der Waals surface area contributed by atoms with Gasteiger partial charge in [0.2, 0.25) is 0 Å². The van der Waals surface area contributed by atoms with E-state index in [1.165, 1.54) is 44.2 Å². The van der Waals surface area contributed by atoms with Crippen LogP contribution in [0.3, 0.4) is 0 Å². The second-order valence-corrected chi connectivity index (χ2v) is 8.26. The highest BCUT2D eigenvalue weighted by Crippen LogP contribution is 2.52. The van der Waals surface area contributed by atoms with Gasteiger partial charge in [-0.05, 0) is 75.9 Å². The van der Waals surface area contributed by atoms with E-state index in [9.17, 15) is 0 Å². The minimum absolute atomic E-state index is 0.332. The van der Waals surface area contributed by atoms with E-state index in [1.54, 1.807) is 11.9 Å². The largest absolute Gasteiger partial charge is 0.353 e. The zero-order valence-corrected chi connectivity index (χ0v) is 16.2. The van der Waals surface area contributed by atoms with Gasteiger partial charge in [-0.2, -0.15) is 0 Å². The van der Waals surface area contributed by atoms with Gasteiger partial charge in [-0.3, -0.25) is 0 Å². The standard InChI is InChI=1S/C22H30N4/c1-16-7-8-18(25-19-13-23-15-24-14-19)12-21(16)22-9-5-4-6-20(22)17(2)26(3)11-10-22/h7-8,12-15,17,20,25H,4-6,9-11H2,1-3H3. The Morgan fingerprint density at radius 2 is 1.92 bits per heavy atom. The number of benzene rings is 1. The van der Waals surface area contributed by atoms with Crippen molar-refractivity contribution in [3.8, 4) is 0 Å². The van der Waals surface area contributed by atoms with Crippen LogP contribution in [0.1, 0.15) is 50.2 Å². The molecule has 2 heterocycles. The Morgan fingerprint density at radius 3 is 2.73 bits per heavy atom. The molecule has 0 radical (unpaired) electrons. The summed E-state index contributed by atoms with van der Waals surface area (Å²) in [6.07, 6.45) is 11.9. The highest BCUT2D eigenvalue weighted by atomic mass is 15.1. The molecular weight excluding hydrogens is 320 g/mol. The summed E-state index contributed by atoms with van der Waals surface area (Å²) in [4.78, 5) is 10.8. The Balaban J connectivity index is 1.72. The van der Waals surface area contributed by atoms with Crippen molar-refractivity contribution < 1.29 is 0 Å². The van der Waals surface area contributed by atoms with Crippen molar-refractivity contribution in [2.75, 3.05) is 18.9 Å². The first-order valence-electron chi connectivity index (χ1n) is 9.93. The maximum atomic E-state index is 4.11. The summed E-state index contributed by atoms with van der Waals surface area (Å²) >= 11 is 0. The van der Waals surface area contributed by atoms with Gasteiger partial charge in [0.05, 0.1) is 18.1 Å². The van der Waals surface area contributed by atoms with Crippen LogP contribution in [0.2, 0.25) is 0 Å². The maximum Gasteiger partial charge on any atom is 0.115 e. The lowest BCUT2D eigenvalue weighted by molar-refractivity contribution is 0.0226. The molecule has 0 amide bonds. The summed E-state index contributed by atoms with van der Waals surface area (Å²) in [5, 5.41) is 3.49. The molecule has 138 valence electrons. The molecule has 0 bridgehead atoms. The first kappa shape index (κ1) is 17.5. The van der Waals surface area contributed by atoms with Gasteiger partial charge in [0.25, 0.3) is 0 Å². The highest BCUT2D eigenvalue weighted by molar-refractivity contribution is 5.60. The molecule has 2 aliphatic rings. The number of nitrogens with zero attached hydrogens (tertiary/aromatic N) is 3. The van der Waals surface area contributed by atoms with Crippen molar-refractivity contribution in [1.82, 2.24) is 14.9 Å². The van der Waals surface area contributed by atoms with Gasteiger partial charge in [0.1, 0.15) is 6.33 Å². The third-order valence-corrected chi connectivity index (χ3v) is 6.91. The van der Waals surface area contributed by atoms with Crippen LogP contribution in [-0.2, 0) is 5.41 Å². The summed E-state index contributed by atoms with van der Waals surface area (Å²) in [7, 11) is 2.30. The molecule has 4 heteroatoms. The molecule has 26 heavy (non-hydrogen) atoms. The quantitative estimate of drug-likeness (QED) is 0.872. The number of rotatable bonds is 3. The van der Waals surface area contributed by atoms with E-state index in [0.717, 1.165) is 17.3 Å². The number of hydrogen-bond acceptors (Lipinski definition) is 4. The van der Waals surface area contributed by atoms with E-state index in [1.807, 2.05) is 12.4 Å². The second kappa shape index (κ2) is 6.99. The lowest BCUT2D eigenvalue weighted by Crippen LogP contribution is -2.55. The fourth-order valence-electron chi connectivity index (χ4n) is 5.40. The SMILES string of the molecule is Cc1ccc(Nc2cncnc2)cc1C12CCCCC1C(C)N(C)CC2. The van der Waals surface area contributed by atoms with Crippen molar-refractivity contribution in [2.24, 2.45) is 5.92 Å². The lowest BCUT2D eigenvalue weighted by atomic mass is 9.56. The minimum atomic E-state index is 0.332. The van der Waals surface area contributed by atoms with Crippen LogP contribution >= 0.6 is 0 Å². The number of aryl methyl sites for hydroxylation is 1. The van der Waals surface area contributed by atoms with Gasteiger partial charge in [-0.15, -0.1) is 0 Å². The van der Waals surface area contributed by atoms with Crippen molar-refractivity contribution in [3.05, 3.63) is 48.0 Å². The lowest BCUT2D eigenvalue weighted by Gasteiger charge is -2.54. The average Bonchev–Trinajstić information content (AvgIpc) is 2.67. The Morgan fingerprint density at radius 1 is 1.12 bits per heavy atom. The number of aromatic nitrogens is 2. The summed E-state index contributed by atoms with van der Waals surface area (Å²) in [5.41, 5.74) is 5.41. The zero-order valence-electron chi connectivity index (χ0n) is 16.2. The molecule has 2 aromatic rings. The average molecular weight is 351 g/mol. The summed E-state index contributed by atoms with van der Waals surface area (Å²) in [6.45, 7) is 5.91. The number of likely N-dealkylation sites (tertiary alicyclic amines) is 1. The van der Waals surface area contributed by atoms with Crippen LogP contribution in [0.15, 0.2) is 36.9 Å². The third kappa shape index (κ3) is 3.01. The van der Waals surface area contributed by atoms with Crippen molar-refractivity contribution in [3.63, 3.8) is 0 Å². The van der Waals surface area contributed by atoms with Crippen molar-refractivity contribution in [1.29, 1.82) is 0 Å². The van der Waals surface area contributed by atoms with Gasteiger partial charge in [0.15, 0.2) is 0 Å². The van der Waals surface area contributed by atoms with Crippen LogP contribution in [-0.4, -0.2) is 34.5 Å². The van der Waals surface area contributed by atoms with E-state index in [4.69, 9.17) is 0 Å². The third-order valence-electron chi connectivity index (χ3n) is 6.91.